The molecule has 0 atom stereocenters. The van der Waals surface area contributed by atoms with Gasteiger partial charge in [0.25, 0.3) is 0 Å². The molecule has 0 fully saturated rings. The fourth-order valence-corrected chi connectivity index (χ4v) is 0.666. The third kappa shape index (κ3) is 5.40. The summed E-state index contributed by atoms with van der Waals surface area (Å²) in [6.45, 7) is 11.5. The van der Waals surface area contributed by atoms with Gasteiger partial charge >= 0.3 is 0 Å². The molecule has 0 saturated carbocycles. The van der Waals surface area contributed by atoms with Gasteiger partial charge in [-0.1, -0.05) is 12.7 Å². The van der Waals surface area contributed by atoms with Crippen LogP contribution in [0.25, 0.3) is 0 Å². The fraction of sp³-hybridized carbons (Fsp3) is 0.444. The minimum absolute atomic E-state index is 0.883. The molecular weight excluding hydrogens is 136 g/mol. The molecule has 0 rings (SSSR count). The van der Waals surface area contributed by atoms with Crippen LogP contribution in [0.3, 0.4) is 0 Å². The second-order valence-corrected chi connectivity index (χ2v) is 2.53. The van der Waals surface area contributed by atoms with E-state index in [-0.39, 0.29) is 0 Å². The van der Waals surface area contributed by atoms with E-state index in [1.165, 1.54) is 0 Å². The first-order valence-corrected chi connectivity index (χ1v) is 3.67. The largest absolute Gasteiger partial charge is 0.348 e. The molecule has 0 aromatic rings. The first kappa shape index (κ1) is 9.95. The van der Waals surface area contributed by atoms with Gasteiger partial charge in [0.15, 0.2) is 0 Å². The molecule has 0 aliphatic carbocycles. The van der Waals surface area contributed by atoms with Crippen LogP contribution in [-0.4, -0.2) is 5.84 Å². The van der Waals surface area contributed by atoms with Crippen LogP contribution in [0.2, 0.25) is 0 Å². The Kier molecular flexibility index (Phi) is 4.27. The highest BCUT2D eigenvalue weighted by atomic mass is 15.0. The lowest BCUT2D eigenvalue weighted by Crippen LogP contribution is -2.16. The monoisotopic (exact) mass is 152 g/mol. The predicted molar refractivity (Wildman–Crippen MR) is 50.5 cm³/mol. The highest BCUT2D eigenvalue weighted by molar-refractivity contribution is 5.81. The minimum Gasteiger partial charge on any atom is -0.348 e. The Morgan fingerprint density at radius 1 is 1.36 bits per heavy atom. The maximum absolute atomic E-state index is 4.24. The zero-order valence-corrected chi connectivity index (χ0v) is 7.73. The standard InChI is InChI=1S/C9H16N2/c1-6-8(4)11-9(5)10-7(2)3/h6H,2H2,1,3-5H3,(H,10,11). The molecule has 62 valence electrons. The molecule has 1 N–H and O–H groups in total. The zero-order chi connectivity index (χ0) is 8.85. The first-order chi connectivity index (χ1) is 5.06. The topological polar surface area (TPSA) is 24.4 Å². The van der Waals surface area contributed by atoms with Crippen LogP contribution in [-0.2, 0) is 0 Å². The average molecular weight is 152 g/mol. The summed E-state index contributed by atoms with van der Waals surface area (Å²) in [6.07, 6.45) is 1.96. The first-order valence-electron chi connectivity index (χ1n) is 3.67. The van der Waals surface area contributed by atoms with Crippen molar-refractivity contribution in [1.82, 2.24) is 5.32 Å². The lowest BCUT2D eigenvalue weighted by molar-refractivity contribution is 1.09. The summed E-state index contributed by atoms with van der Waals surface area (Å²) in [6, 6.07) is 0. The number of hydrogen-bond donors (Lipinski definition) is 1. The molecule has 0 spiro atoms. The van der Waals surface area contributed by atoms with Gasteiger partial charge in [0, 0.05) is 11.4 Å². The third-order valence-electron chi connectivity index (χ3n) is 1.16. The molecule has 0 heterocycles. The Balaban J connectivity index is 4.11. The lowest BCUT2D eigenvalue weighted by Gasteiger charge is -2.03. The van der Waals surface area contributed by atoms with Crippen LogP contribution in [0, 0.1) is 0 Å². The van der Waals surface area contributed by atoms with Gasteiger partial charge in [-0.2, -0.15) is 0 Å². The van der Waals surface area contributed by atoms with Crippen LogP contribution in [0.15, 0.2) is 29.0 Å². The molecule has 0 bridgehead atoms. The van der Waals surface area contributed by atoms with Crippen LogP contribution in [0.5, 0.6) is 0 Å². The van der Waals surface area contributed by atoms with Crippen molar-refractivity contribution in [2.45, 2.75) is 27.7 Å². The zero-order valence-electron chi connectivity index (χ0n) is 7.73. The Morgan fingerprint density at radius 3 is 2.27 bits per heavy atom. The highest BCUT2D eigenvalue weighted by Gasteiger charge is 1.88. The lowest BCUT2D eigenvalue weighted by atomic mass is 10.4. The van der Waals surface area contributed by atoms with Crippen LogP contribution in [0.1, 0.15) is 27.7 Å². The Morgan fingerprint density at radius 2 is 1.91 bits per heavy atom. The summed E-state index contributed by atoms with van der Waals surface area (Å²) >= 11 is 0. The SMILES string of the molecule is C=C(C)NC(C)=NC(C)=CC. The van der Waals surface area contributed by atoms with E-state index in [4.69, 9.17) is 0 Å². The van der Waals surface area contributed by atoms with E-state index in [0.717, 1.165) is 17.2 Å². The fourth-order valence-electron chi connectivity index (χ4n) is 0.666. The quantitative estimate of drug-likeness (QED) is 0.477. The van der Waals surface area contributed by atoms with Crippen molar-refractivity contribution in [2.24, 2.45) is 4.99 Å². The van der Waals surface area contributed by atoms with Crippen molar-refractivity contribution in [3.05, 3.63) is 24.0 Å². The van der Waals surface area contributed by atoms with Gasteiger partial charge < -0.3 is 5.32 Å². The molecule has 2 nitrogen and oxygen atoms in total. The number of rotatable bonds is 2. The normalized spacial score (nSPS) is 13.1. The van der Waals surface area contributed by atoms with Crippen molar-refractivity contribution in [3.8, 4) is 0 Å². The maximum atomic E-state index is 4.24. The molecule has 0 unspecified atom stereocenters. The predicted octanol–water partition coefficient (Wildman–Crippen LogP) is 2.45. The number of amidine groups is 1. The summed E-state index contributed by atoms with van der Waals surface area (Å²) in [5, 5.41) is 3.02. The molecule has 0 aromatic heterocycles. The van der Waals surface area contributed by atoms with Gasteiger partial charge in [-0.25, -0.2) is 4.99 Å². The van der Waals surface area contributed by atoms with Crippen LogP contribution in [0.4, 0.5) is 0 Å². The Bertz CT molecular complexity index is 200. The minimum atomic E-state index is 0.883. The van der Waals surface area contributed by atoms with E-state index < -0.39 is 0 Å². The second-order valence-electron chi connectivity index (χ2n) is 2.53. The van der Waals surface area contributed by atoms with E-state index in [0.29, 0.717) is 0 Å². The summed E-state index contributed by atoms with van der Waals surface area (Å²) in [5.74, 6) is 0.883. The summed E-state index contributed by atoms with van der Waals surface area (Å²) < 4.78 is 0. The van der Waals surface area contributed by atoms with E-state index >= 15 is 0 Å². The van der Waals surface area contributed by atoms with E-state index in [9.17, 15) is 0 Å². The van der Waals surface area contributed by atoms with E-state index in [1.807, 2.05) is 33.8 Å². The molecule has 0 aliphatic heterocycles. The molecule has 0 aliphatic rings. The molecule has 0 saturated heterocycles. The van der Waals surface area contributed by atoms with E-state index in [1.54, 1.807) is 0 Å². The van der Waals surface area contributed by atoms with Gasteiger partial charge in [-0.3, -0.25) is 0 Å². The molecule has 0 amide bonds. The maximum Gasteiger partial charge on any atom is 0.103 e. The Labute approximate surface area is 68.7 Å². The van der Waals surface area contributed by atoms with E-state index in [2.05, 4.69) is 16.9 Å². The molecule has 11 heavy (non-hydrogen) atoms. The molecule has 0 radical (unpaired) electrons. The van der Waals surface area contributed by atoms with Gasteiger partial charge in [0.1, 0.15) is 5.84 Å². The number of nitrogens with one attached hydrogen (secondary N) is 1. The molecule has 0 aromatic carbocycles. The Hall–Kier alpha value is -1.05. The number of nitrogens with zero attached hydrogens (tertiary/aromatic N) is 1. The number of allylic oxidation sites excluding steroid dienone is 3. The smallest absolute Gasteiger partial charge is 0.103 e. The van der Waals surface area contributed by atoms with Crippen molar-refractivity contribution < 1.29 is 0 Å². The highest BCUT2D eigenvalue weighted by Crippen LogP contribution is 1.93. The summed E-state index contributed by atoms with van der Waals surface area (Å²) in [4.78, 5) is 4.24. The average Bonchev–Trinajstić information content (AvgIpc) is 1.85. The van der Waals surface area contributed by atoms with Gasteiger partial charge in [0.2, 0.25) is 0 Å². The van der Waals surface area contributed by atoms with Crippen molar-refractivity contribution >= 4 is 5.84 Å². The number of hydrogen-bond acceptors (Lipinski definition) is 1. The summed E-state index contributed by atoms with van der Waals surface area (Å²) in [7, 11) is 0. The third-order valence-corrected chi connectivity index (χ3v) is 1.16. The van der Waals surface area contributed by atoms with Gasteiger partial charge in [0.05, 0.1) is 0 Å². The van der Waals surface area contributed by atoms with Gasteiger partial charge in [-0.05, 0) is 27.7 Å². The van der Waals surface area contributed by atoms with Crippen molar-refractivity contribution in [2.75, 3.05) is 0 Å². The molecule has 2 heteroatoms. The summed E-state index contributed by atoms with van der Waals surface area (Å²) in [5.41, 5.74) is 1.92. The van der Waals surface area contributed by atoms with Crippen LogP contribution >= 0.6 is 0 Å². The van der Waals surface area contributed by atoms with Gasteiger partial charge in [-0.15, -0.1) is 0 Å². The van der Waals surface area contributed by atoms with Crippen LogP contribution < -0.4 is 5.32 Å². The second kappa shape index (κ2) is 4.72. The van der Waals surface area contributed by atoms with Crippen molar-refractivity contribution in [3.63, 3.8) is 0 Å². The van der Waals surface area contributed by atoms with Crippen molar-refractivity contribution in [1.29, 1.82) is 0 Å². The number of aliphatic imine (C=N–C) groups is 1. The molecular formula is C9H16N2.